The van der Waals surface area contributed by atoms with Crippen LogP contribution in [0.5, 0.6) is 0 Å². The SMILES string of the molecule is CCn1cc(NC(=O)C(=O)NCC#N)cn1. The normalized spacial score (nSPS) is 9.25. The second-order valence-electron chi connectivity index (χ2n) is 2.88. The number of anilines is 1. The molecule has 0 aliphatic heterocycles. The van der Waals surface area contributed by atoms with E-state index in [2.05, 4.69) is 15.7 Å². The monoisotopic (exact) mass is 221 g/mol. The Bertz CT molecular complexity index is 431. The zero-order chi connectivity index (χ0) is 12.0. The third-order valence-corrected chi connectivity index (χ3v) is 1.75. The van der Waals surface area contributed by atoms with Crippen LogP contribution in [0.3, 0.4) is 0 Å². The number of aryl methyl sites for hydroxylation is 1. The van der Waals surface area contributed by atoms with Crippen molar-refractivity contribution in [1.82, 2.24) is 15.1 Å². The molecule has 2 N–H and O–H groups in total. The van der Waals surface area contributed by atoms with Crippen molar-refractivity contribution in [3.05, 3.63) is 12.4 Å². The van der Waals surface area contributed by atoms with Crippen molar-refractivity contribution in [2.24, 2.45) is 0 Å². The molecule has 1 aromatic rings. The molecule has 7 nitrogen and oxygen atoms in total. The summed E-state index contributed by atoms with van der Waals surface area (Å²) in [6.07, 6.45) is 3.05. The Morgan fingerprint density at radius 2 is 2.31 bits per heavy atom. The van der Waals surface area contributed by atoms with E-state index in [1.165, 1.54) is 6.20 Å². The molecule has 1 heterocycles. The molecule has 0 bridgehead atoms. The fraction of sp³-hybridized carbons (Fsp3) is 0.333. The van der Waals surface area contributed by atoms with E-state index >= 15 is 0 Å². The predicted molar refractivity (Wildman–Crippen MR) is 55.2 cm³/mol. The highest BCUT2D eigenvalue weighted by atomic mass is 16.2. The molecule has 0 radical (unpaired) electrons. The van der Waals surface area contributed by atoms with Crippen LogP contribution in [0.2, 0.25) is 0 Å². The maximum Gasteiger partial charge on any atom is 0.313 e. The molecular weight excluding hydrogens is 210 g/mol. The molecule has 0 unspecified atom stereocenters. The number of hydrogen-bond donors (Lipinski definition) is 2. The molecule has 0 aromatic carbocycles. The third-order valence-electron chi connectivity index (χ3n) is 1.75. The van der Waals surface area contributed by atoms with Crippen LogP contribution in [0.1, 0.15) is 6.92 Å². The van der Waals surface area contributed by atoms with Gasteiger partial charge in [-0.15, -0.1) is 0 Å². The van der Waals surface area contributed by atoms with Crippen molar-refractivity contribution in [3.8, 4) is 6.07 Å². The van der Waals surface area contributed by atoms with Crippen LogP contribution in [0.4, 0.5) is 5.69 Å². The number of amides is 2. The minimum Gasteiger partial charge on any atom is -0.335 e. The molecule has 16 heavy (non-hydrogen) atoms. The quantitative estimate of drug-likeness (QED) is 0.530. The molecule has 0 saturated carbocycles. The van der Waals surface area contributed by atoms with E-state index in [1.54, 1.807) is 16.9 Å². The molecule has 0 atom stereocenters. The molecule has 2 amide bonds. The first kappa shape index (κ1) is 11.7. The summed E-state index contributed by atoms with van der Waals surface area (Å²) in [7, 11) is 0. The maximum absolute atomic E-state index is 11.2. The van der Waals surface area contributed by atoms with E-state index in [0.29, 0.717) is 12.2 Å². The van der Waals surface area contributed by atoms with Gasteiger partial charge in [-0.1, -0.05) is 0 Å². The number of aromatic nitrogens is 2. The number of nitrogens with one attached hydrogen (secondary N) is 2. The van der Waals surface area contributed by atoms with E-state index < -0.39 is 11.8 Å². The first-order chi connectivity index (χ1) is 7.67. The van der Waals surface area contributed by atoms with Gasteiger partial charge in [0.05, 0.1) is 18.0 Å². The molecule has 7 heteroatoms. The zero-order valence-electron chi connectivity index (χ0n) is 8.73. The Labute approximate surface area is 92.0 Å². The summed E-state index contributed by atoms with van der Waals surface area (Å²) < 4.78 is 1.61. The van der Waals surface area contributed by atoms with Gasteiger partial charge in [0.15, 0.2) is 0 Å². The minimum absolute atomic E-state index is 0.194. The Hall–Kier alpha value is -2.36. The summed E-state index contributed by atoms with van der Waals surface area (Å²) in [6.45, 7) is 2.38. The highest BCUT2D eigenvalue weighted by molar-refractivity contribution is 6.39. The Morgan fingerprint density at radius 1 is 1.56 bits per heavy atom. The molecule has 0 aliphatic carbocycles. The van der Waals surface area contributed by atoms with E-state index in [1.807, 2.05) is 6.92 Å². The molecule has 1 aromatic heterocycles. The van der Waals surface area contributed by atoms with Crippen LogP contribution in [0, 0.1) is 11.3 Å². The number of nitriles is 1. The molecule has 0 saturated heterocycles. The Kier molecular flexibility index (Phi) is 4.03. The van der Waals surface area contributed by atoms with E-state index in [-0.39, 0.29) is 6.54 Å². The van der Waals surface area contributed by atoms with Crippen molar-refractivity contribution < 1.29 is 9.59 Å². The van der Waals surface area contributed by atoms with E-state index in [4.69, 9.17) is 5.26 Å². The largest absolute Gasteiger partial charge is 0.335 e. The van der Waals surface area contributed by atoms with Crippen molar-refractivity contribution >= 4 is 17.5 Å². The molecule has 84 valence electrons. The maximum atomic E-state index is 11.2. The molecular formula is C9H11N5O2. The fourth-order valence-corrected chi connectivity index (χ4v) is 0.989. The summed E-state index contributed by atoms with van der Waals surface area (Å²) in [4.78, 5) is 22.3. The highest BCUT2D eigenvalue weighted by Gasteiger charge is 2.13. The lowest BCUT2D eigenvalue weighted by molar-refractivity contribution is -0.136. The summed E-state index contributed by atoms with van der Waals surface area (Å²) in [5.41, 5.74) is 0.443. The van der Waals surface area contributed by atoms with Gasteiger partial charge in [0.25, 0.3) is 0 Å². The predicted octanol–water partition coefficient (Wildman–Crippen LogP) is -0.519. The second-order valence-corrected chi connectivity index (χ2v) is 2.88. The lowest BCUT2D eigenvalue weighted by Crippen LogP contribution is -2.35. The van der Waals surface area contributed by atoms with Crippen molar-refractivity contribution in [3.63, 3.8) is 0 Å². The number of hydrogen-bond acceptors (Lipinski definition) is 4. The zero-order valence-corrected chi connectivity index (χ0v) is 8.73. The van der Waals surface area contributed by atoms with Crippen molar-refractivity contribution in [2.45, 2.75) is 13.5 Å². The van der Waals surface area contributed by atoms with Crippen LogP contribution in [0.15, 0.2) is 12.4 Å². The molecule has 1 rings (SSSR count). The third kappa shape index (κ3) is 3.09. The van der Waals surface area contributed by atoms with Gasteiger partial charge < -0.3 is 10.6 Å². The lowest BCUT2D eigenvalue weighted by atomic mass is 10.4. The Balaban J connectivity index is 2.51. The standard InChI is InChI=1S/C9H11N5O2/c1-2-14-6-7(5-12-14)13-9(16)8(15)11-4-3-10/h5-6H,2,4H2,1H3,(H,11,15)(H,13,16). The van der Waals surface area contributed by atoms with Gasteiger partial charge in [-0.05, 0) is 6.92 Å². The van der Waals surface area contributed by atoms with Crippen LogP contribution < -0.4 is 10.6 Å². The Morgan fingerprint density at radius 3 is 2.88 bits per heavy atom. The van der Waals surface area contributed by atoms with Crippen molar-refractivity contribution in [1.29, 1.82) is 5.26 Å². The average Bonchev–Trinajstić information content (AvgIpc) is 2.73. The molecule has 0 aliphatic rings. The summed E-state index contributed by atoms with van der Waals surface area (Å²) >= 11 is 0. The topological polar surface area (TPSA) is 99.8 Å². The van der Waals surface area contributed by atoms with Crippen molar-refractivity contribution in [2.75, 3.05) is 11.9 Å². The smallest absolute Gasteiger partial charge is 0.313 e. The lowest BCUT2D eigenvalue weighted by Gasteiger charge is -2.00. The van der Waals surface area contributed by atoms with Crippen LogP contribution in [-0.4, -0.2) is 28.1 Å². The summed E-state index contributed by atoms with van der Waals surface area (Å²) in [6, 6.07) is 1.70. The van der Waals surface area contributed by atoms with Gasteiger partial charge >= 0.3 is 11.8 Å². The fourth-order valence-electron chi connectivity index (χ4n) is 0.989. The number of rotatable bonds is 3. The van der Waals surface area contributed by atoms with Gasteiger partial charge in [-0.25, -0.2) is 0 Å². The van der Waals surface area contributed by atoms with E-state index in [0.717, 1.165) is 0 Å². The van der Waals surface area contributed by atoms with E-state index in [9.17, 15) is 9.59 Å². The molecule has 0 spiro atoms. The summed E-state index contributed by atoms with van der Waals surface area (Å²) in [5, 5.41) is 16.6. The number of carbonyl (C=O) groups excluding carboxylic acids is 2. The summed E-state index contributed by atoms with van der Waals surface area (Å²) in [5.74, 6) is -1.66. The first-order valence-corrected chi connectivity index (χ1v) is 4.66. The minimum atomic E-state index is -0.842. The number of carbonyl (C=O) groups is 2. The van der Waals surface area contributed by atoms with Gasteiger partial charge in [0.1, 0.15) is 6.54 Å². The van der Waals surface area contributed by atoms with Crippen LogP contribution in [0.25, 0.3) is 0 Å². The second kappa shape index (κ2) is 5.50. The number of nitrogens with zero attached hydrogens (tertiary/aromatic N) is 3. The van der Waals surface area contributed by atoms with Gasteiger partial charge in [-0.2, -0.15) is 10.4 Å². The van der Waals surface area contributed by atoms with Gasteiger partial charge in [-0.3, -0.25) is 14.3 Å². The molecule has 0 fully saturated rings. The van der Waals surface area contributed by atoms with Crippen LogP contribution in [-0.2, 0) is 16.1 Å². The highest BCUT2D eigenvalue weighted by Crippen LogP contribution is 2.03. The average molecular weight is 221 g/mol. The van der Waals surface area contributed by atoms with Crippen LogP contribution >= 0.6 is 0 Å². The van der Waals surface area contributed by atoms with Gasteiger partial charge in [0.2, 0.25) is 0 Å². The van der Waals surface area contributed by atoms with Gasteiger partial charge in [0, 0.05) is 12.7 Å². The first-order valence-electron chi connectivity index (χ1n) is 4.66.